The largest absolute Gasteiger partial charge is 0.497 e. The molecule has 5 heteroatoms. The summed E-state index contributed by atoms with van der Waals surface area (Å²) in [6.07, 6.45) is 0. The first kappa shape index (κ1) is 12.6. The van der Waals surface area contributed by atoms with E-state index in [4.69, 9.17) is 16.3 Å². The zero-order valence-corrected chi connectivity index (χ0v) is 11.0. The second-order valence-corrected chi connectivity index (χ2v) is 4.27. The number of anilines is 1. The molecule has 0 aliphatic rings. The first-order chi connectivity index (χ1) is 8.69. The van der Waals surface area contributed by atoms with Gasteiger partial charge in [0.2, 0.25) is 0 Å². The van der Waals surface area contributed by atoms with E-state index in [0.29, 0.717) is 11.0 Å². The maximum Gasteiger partial charge on any atom is 0.151 e. The fourth-order valence-corrected chi connectivity index (χ4v) is 1.69. The summed E-state index contributed by atoms with van der Waals surface area (Å²) in [5.74, 6) is 1.54. The van der Waals surface area contributed by atoms with Gasteiger partial charge < -0.3 is 10.1 Å². The third kappa shape index (κ3) is 3.11. The fourth-order valence-electron chi connectivity index (χ4n) is 1.59. The predicted molar refractivity (Wildman–Crippen MR) is 72.1 cm³/mol. The van der Waals surface area contributed by atoms with Gasteiger partial charge in [0.25, 0.3) is 0 Å². The van der Waals surface area contributed by atoms with Crippen LogP contribution in [0.4, 0.5) is 5.82 Å². The highest BCUT2D eigenvalue weighted by molar-refractivity contribution is 6.29. The molecule has 0 spiro atoms. The summed E-state index contributed by atoms with van der Waals surface area (Å²) in [5.41, 5.74) is 1.15. The molecule has 0 saturated heterocycles. The number of rotatable bonds is 4. The number of benzene rings is 1. The molecule has 0 amide bonds. The zero-order chi connectivity index (χ0) is 13.0. The summed E-state index contributed by atoms with van der Waals surface area (Å²) >= 11 is 5.68. The van der Waals surface area contributed by atoms with Crippen LogP contribution in [0, 0.1) is 0 Å². The molecule has 94 valence electrons. The Bertz CT molecular complexity index is 499. The maximum atomic E-state index is 5.68. The lowest BCUT2D eigenvalue weighted by atomic mass is 10.1. The van der Waals surface area contributed by atoms with E-state index in [1.165, 1.54) is 0 Å². The van der Waals surface area contributed by atoms with E-state index in [0.717, 1.165) is 11.3 Å². The summed E-state index contributed by atoms with van der Waals surface area (Å²) in [6.45, 7) is 2.05. The van der Waals surface area contributed by atoms with E-state index >= 15 is 0 Å². The first-order valence-corrected chi connectivity index (χ1v) is 5.96. The molecule has 1 N–H and O–H groups in total. The van der Waals surface area contributed by atoms with Crippen LogP contribution >= 0.6 is 11.6 Å². The number of methoxy groups -OCH3 is 1. The molecule has 0 aliphatic heterocycles. The lowest BCUT2D eigenvalue weighted by Gasteiger charge is -2.14. The highest BCUT2D eigenvalue weighted by Crippen LogP contribution is 2.20. The van der Waals surface area contributed by atoms with Gasteiger partial charge in [-0.2, -0.15) is 0 Å². The Labute approximate surface area is 111 Å². The Balaban J connectivity index is 2.06. The third-order valence-corrected chi connectivity index (χ3v) is 2.81. The molecule has 0 fully saturated rings. The summed E-state index contributed by atoms with van der Waals surface area (Å²) in [7, 11) is 1.65. The number of hydrogen-bond acceptors (Lipinski definition) is 4. The Morgan fingerprint density at radius 3 is 2.39 bits per heavy atom. The second-order valence-electron chi connectivity index (χ2n) is 3.88. The quantitative estimate of drug-likeness (QED) is 0.919. The van der Waals surface area contributed by atoms with Crippen molar-refractivity contribution >= 4 is 17.4 Å². The molecule has 4 nitrogen and oxygen atoms in total. The van der Waals surface area contributed by atoms with Gasteiger partial charge in [-0.3, -0.25) is 0 Å². The number of hydrogen-bond donors (Lipinski definition) is 1. The Morgan fingerprint density at radius 2 is 1.83 bits per heavy atom. The van der Waals surface area contributed by atoms with Crippen LogP contribution in [0.25, 0.3) is 0 Å². The molecule has 0 saturated carbocycles. The highest BCUT2D eigenvalue weighted by atomic mass is 35.5. The molecule has 1 aromatic heterocycles. The Hall–Kier alpha value is -1.81. The Morgan fingerprint density at radius 1 is 1.11 bits per heavy atom. The first-order valence-electron chi connectivity index (χ1n) is 5.59. The number of aromatic nitrogens is 2. The van der Waals surface area contributed by atoms with E-state index in [-0.39, 0.29) is 6.04 Å². The van der Waals surface area contributed by atoms with Crippen molar-refractivity contribution in [1.82, 2.24) is 10.2 Å². The standard InChI is InChI=1S/C13H14ClN3O/c1-9(10-3-5-11(18-2)6-4-10)15-13-8-7-12(14)16-17-13/h3-9H,1-2H3,(H,15,17). The molecule has 0 radical (unpaired) electrons. The zero-order valence-electron chi connectivity index (χ0n) is 10.2. The minimum Gasteiger partial charge on any atom is -0.497 e. The molecule has 2 aromatic rings. The molecule has 1 unspecified atom stereocenters. The molecular formula is C13H14ClN3O. The maximum absolute atomic E-state index is 5.68. The van der Waals surface area contributed by atoms with E-state index < -0.39 is 0 Å². The van der Waals surface area contributed by atoms with Crippen molar-refractivity contribution in [2.75, 3.05) is 12.4 Å². The minimum atomic E-state index is 0.131. The topological polar surface area (TPSA) is 47.0 Å². The van der Waals surface area contributed by atoms with Crippen LogP contribution < -0.4 is 10.1 Å². The number of nitrogens with zero attached hydrogens (tertiary/aromatic N) is 2. The van der Waals surface area contributed by atoms with Crippen LogP contribution in [-0.2, 0) is 0 Å². The van der Waals surface area contributed by atoms with Crippen LogP contribution in [-0.4, -0.2) is 17.3 Å². The van der Waals surface area contributed by atoms with Gasteiger partial charge in [0.05, 0.1) is 13.2 Å². The normalized spacial score (nSPS) is 11.9. The van der Waals surface area contributed by atoms with Crippen molar-refractivity contribution in [2.45, 2.75) is 13.0 Å². The number of halogens is 1. The van der Waals surface area contributed by atoms with Crippen molar-refractivity contribution in [2.24, 2.45) is 0 Å². The lowest BCUT2D eigenvalue weighted by Crippen LogP contribution is -2.08. The van der Waals surface area contributed by atoms with Crippen LogP contribution in [0.3, 0.4) is 0 Å². The van der Waals surface area contributed by atoms with Crippen LogP contribution in [0.5, 0.6) is 5.75 Å². The van der Waals surface area contributed by atoms with Gasteiger partial charge in [-0.1, -0.05) is 23.7 Å². The smallest absolute Gasteiger partial charge is 0.151 e. The van der Waals surface area contributed by atoms with Gasteiger partial charge in [-0.05, 0) is 36.8 Å². The molecule has 18 heavy (non-hydrogen) atoms. The number of ether oxygens (including phenoxy) is 1. The molecule has 1 heterocycles. The fraction of sp³-hybridized carbons (Fsp3) is 0.231. The summed E-state index contributed by atoms with van der Waals surface area (Å²) in [6, 6.07) is 11.5. The van der Waals surface area contributed by atoms with Crippen molar-refractivity contribution in [3.05, 3.63) is 47.1 Å². The molecular weight excluding hydrogens is 250 g/mol. The average molecular weight is 264 g/mol. The van der Waals surface area contributed by atoms with Gasteiger partial charge in [0.15, 0.2) is 5.15 Å². The monoisotopic (exact) mass is 263 g/mol. The van der Waals surface area contributed by atoms with Crippen molar-refractivity contribution in [3.8, 4) is 5.75 Å². The van der Waals surface area contributed by atoms with Crippen molar-refractivity contribution < 1.29 is 4.74 Å². The van der Waals surface area contributed by atoms with E-state index in [9.17, 15) is 0 Å². The van der Waals surface area contributed by atoms with Gasteiger partial charge >= 0.3 is 0 Å². The molecule has 0 aliphatic carbocycles. The minimum absolute atomic E-state index is 0.131. The van der Waals surface area contributed by atoms with Crippen LogP contribution in [0.2, 0.25) is 5.15 Å². The average Bonchev–Trinajstić information content (AvgIpc) is 2.41. The molecule has 0 bridgehead atoms. The van der Waals surface area contributed by atoms with Gasteiger partial charge in [0, 0.05) is 0 Å². The SMILES string of the molecule is COc1ccc(C(C)Nc2ccc(Cl)nn2)cc1. The lowest BCUT2D eigenvalue weighted by molar-refractivity contribution is 0.414. The van der Waals surface area contributed by atoms with Gasteiger partial charge in [0.1, 0.15) is 11.6 Å². The van der Waals surface area contributed by atoms with E-state index in [1.54, 1.807) is 19.2 Å². The molecule has 1 aromatic carbocycles. The summed E-state index contributed by atoms with van der Waals surface area (Å²) in [5, 5.41) is 11.4. The summed E-state index contributed by atoms with van der Waals surface area (Å²) in [4.78, 5) is 0. The van der Waals surface area contributed by atoms with Crippen LogP contribution in [0.1, 0.15) is 18.5 Å². The molecule has 2 rings (SSSR count). The van der Waals surface area contributed by atoms with Crippen molar-refractivity contribution in [3.63, 3.8) is 0 Å². The van der Waals surface area contributed by atoms with E-state index in [2.05, 4.69) is 22.4 Å². The Kier molecular flexibility index (Phi) is 3.99. The third-order valence-electron chi connectivity index (χ3n) is 2.61. The predicted octanol–water partition coefficient (Wildman–Crippen LogP) is 3.31. The van der Waals surface area contributed by atoms with Crippen LogP contribution in [0.15, 0.2) is 36.4 Å². The van der Waals surface area contributed by atoms with E-state index in [1.807, 2.05) is 24.3 Å². The van der Waals surface area contributed by atoms with Gasteiger partial charge in [-0.25, -0.2) is 0 Å². The molecule has 1 atom stereocenters. The number of nitrogens with one attached hydrogen (secondary N) is 1. The van der Waals surface area contributed by atoms with Gasteiger partial charge in [-0.15, -0.1) is 10.2 Å². The second kappa shape index (κ2) is 5.69. The highest BCUT2D eigenvalue weighted by Gasteiger charge is 2.06. The van der Waals surface area contributed by atoms with Crippen molar-refractivity contribution in [1.29, 1.82) is 0 Å². The summed E-state index contributed by atoms with van der Waals surface area (Å²) < 4.78 is 5.12.